The topological polar surface area (TPSA) is 57.2 Å². The number of rotatable bonds is 3. The molecule has 0 amide bonds. The van der Waals surface area contributed by atoms with E-state index in [0.29, 0.717) is 30.3 Å². The van der Waals surface area contributed by atoms with Gasteiger partial charge in [-0.05, 0) is 19.2 Å². The van der Waals surface area contributed by atoms with Gasteiger partial charge in [-0.3, -0.25) is 4.90 Å². The summed E-state index contributed by atoms with van der Waals surface area (Å²) in [7, 11) is 2.04. The van der Waals surface area contributed by atoms with Gasteiger partial charge in [0.25, 0.3) is 0 Å². The van der Waals surface area contributed by atoms with Crippen molar-refractivity contribution in [1.82, 2.24) is 4.90 Å². The summed E-state index contributed by atoms with van der Waals surface area (Å²) in [6, 6.07) is 5.48. The van der Waals surface area contributed by atoms with Crippen molar-refractivity contribution in [3.05, 3.63) is 23.8 Å². The lowest BCUT2D eigenvalue weighted by Gasteiger charge is -2.34. The summed E-state index contributed by atoms with van der Waals surface area (Å²) < 4.78 is 22.3. The maximum absolute atomic E-state index is 12.2. The molecule has 6 heteroatoms. The first-order valence-corrected chi connectivity index (χ1v) is 7.42. The molecule has 2 heterocycles. The molecule has 0 bridgehead atoms. The van der Waals surface area contributed by atoms with Gasteiger partial charge in [0.2, 0.25) is 5.79 Å². The van der Waals surface area contributed by atoms with E-state index >= 15 is 0 Å². The number of nitrogens with zero attached hydrogens (tertiary/aromatic N) is 1. The normalized spacial score (nSPS) is 24.1. The zero-order chi connectivity index (χ0) is 15.7. The molecule has 120 valence electrons. The first kappa shape index (κ1) is 15.1. The smallest absolute Gasteiger partial charge is 0.349 e. The Morgan fingerprint density at radius 2 is 2.18 bits per heavy atom. The first-order chi connectivity index (χ1) is 10.5. The van der Waals surface area contributed by atoms with Crippen molar-refractivity contribution >= 4 is 5.97 Å². The molecule has 0 spiro atoms. The minimum atomic E-state index is -0.958. The van der Waals surface area contributed by atoms with Gasteiger partial charge in [-0.15, -0.1) is 0 Å². The van der Waals surface area contributed by atoms with Gasteiger partial charge in [-0.25, -0.2) is 4.79 Å². The fourth-order valence-corrected chi connectivity index (χ4v) is 2.58. The monoisotopic (exact) mass is 307 g/mol. The molecule has 2 aliphatic rings. The molecule has 1 aromatic carbocycles. The molecule has 22 heavy (non-hydrogen) atoms. The largest absolute Gasteiger partial charge is 0.491 e. The number of ether oxygens (including phenoxy) is 4. The van der Waals surface area contributed by atoms with E-state index in [1.165, 1.54) is 0 Å². The second-order valence-corrected chi connectivity index (χ2v) is 6.04. The van der Waals surface area contributed by atoms with Crippen LogP contribution in [0.2, 0.25) is 0 Å². The summed E-state index contributed by atoms with van der Waals surface area (Å²) in [5.41, 5.74) is 0.348. The van der Waals surface area contributed by atoms with Gasteiger partial charge in [0.15, 0.2) is 0 Å². The zero-order valence-corrected chi connectivity index (χ0v) is 13.1. The Balaban J connectivity index is 1.76. The number of carbonyl (C=O) groups excluding carboxylic acids is 1. The van der Waals surface area contributed by atoms with Crippen LogP contribution >= 0.6 is 0 Å². The number of carbonyl (C=O) groups is 1. The van der Waals surface area contributed by atoms with Crippen LogP contribution in [-0.4, -0.2) is 56.1 Å². The SMILES string of the molecule is CN1CCOCC1COc1cccc2c1C(=O)OC(C)(C)O2. The van der Waals surface area contributed by atoms with Gasteiger partial charge in [0, 0.05) is 20.4 Å². The molecule has 0 saturated carbocycles. The summed E-state index contributed by atoms with van der Waals surface area (Å²) in [4.78, 5) is 14.4. The average molecular weight is 307 g/mol. The van der Waals surface area contributed by atoms with Gasteiger partial charge in [-0.1, -0.05) is 6.07 Å². The summed E-state index contributed by atoms with van der Waals surface area (Å²) >= 11 is 0. The Labute approximate surface area is 129 Å². The number of morpholine rings is 1. The molecule has 1 aromatic rings. The van der Waals surface area contributed by atoms with Crippen molar-refractivity contribution in [3.8, 4) is 11.5 Å². The van der Waals surface area contributed by atoms with Crippen molar-refractivity contribution < 1.29 is 23.7 Å². The van der Waals surface area contributed by atoms with E-state index in [9.17, 15) is 4.79 Å². The van der Waals surface area contributed by atoms with Crippen molar-refractivity contribution in [3.63, 3.8) is 0 Å². The number of cyclic esters (lactones) is 1. The third kappa shape index (κ3) is 3.03. The Morgan fingerprint density at radius 3 is 2.95 bits per heavy atom. The standard InChI is InChI=1S/C16H21NO5/c1-16(2)21-13-6-4-5-12(14(13)15(18)22-16)20-10-11-9-19-8-7-17(11)3/h4-6,11H,7-10H2,1-3H3. The van der Waals surface area contributed by atoms with E-state index in [-0.39, 0.29) is 6.04 Å². The maximum atomic E-state index is 12.2. The number of fused-ring (bicyclic) bond motifs is 1. The van der Waals surface area contributed by atoms with Crippen molar-refractivity contribution in [2.24, 2.45) is 0 Å². The highest BCUT2D eigenvalue weighted by molar-refractivity contribution is 5.96. The van der Waals surface area contributed by atoms with E-state index in [4.69, 9.17) is 18.9 Å². The molecule has 1 fully saturated rings. The van der Waals surface area contributed by atoms with Crippen LogP contribution in [0.4, 0.5) is 0 Å². The lowest BCUT2D eigenvalue weighted by atomic mass is 10.1. The van der Waals surface area contributed by atoms with E-state index < -0.39 is 11.8 Å². The number of likely N-dealkylation sites (N-methyl/N-ethyl adjacent to an activating group) is 1. The van der Waals surface area contributed by atoms with Crippen LogP contribution in [0.5, 0.6) is 11.5 Å². The molecule has 3 rings (SSSR count). The molecule has 1 atom stereocenters. The predicted molar refractivity (Wildman–Crippen MR) is 79.3 cm³/mol. The minimum Gasteiger partial charge on any atom is -0.491 e. The van der Waals surface area contributed by atoms with Crippen LogP contribution in [0.1, 0.15) is 24.2 Å². The quantitative estimate of drug-likeness (QED) is 0.792. The van der Waals surface area contributed by atoms with Crippen LogP contribution in [0.3, 0.4) is 0 Å². The van der Waals surface area contributed by atoms with Crippen LogP contribution in [0.15, 0.2) is 18.2 Å². The number of benzene rings is 1. The van der Waals surface area contributed by atoms with Gasteiger partial charge >= 0.3 is 5.97 Å². The van der Waals surface area contributed by atoms with Crippen LogP contribution in [0.25, 0.3) is 0 Å². The van der Waals surface area contributed by atoms with Crippen molar-refractivity contribution in [2.75, 3.05) is 33.4 Å². The molecule has 1 saturated heterocycles. The van der Waals surface area contributed by atoms with Gasteiger partial charge in [-0.2, -0.15) is 0 Å². The maximum Gasteiger partial charge on any atom is 0.349 e. The molecule has 1 unspecified atom stereocenters. The fraction of sp³-hybridized carbons (Fsp3) is 0.562. The third-order valence-electron chi connectivity index (χ3n) is 3.84. The summed E-state index contributed by atoms with van der Waals surface area (Å²) in [5, 5.41) is 0. The van der Waals surface area contributed by atoms with Crippen LogP contribution in [0, 0.1) is 0 Å². The van der Waals surface area contributed by atoms with E-state index in [1.807, 2.05) is 13.1 Å². The van der Waals surface area contributed by atoms with E-state index in [2.05, 4.69) is 4.90 Å². The zero-order valence-electron chi connectivity index (χ0n) is 13.1. The molecule has 0 radical (unpaired) electrons. The Hall–Kier alpha value is -1.79. The van der Waals surface area contributed by atoms with Crippen molar-refractivity contribution in [1.29, 1.82) is 0 Å². The van der Waals surface area contributed by atoms with E-state index in [0.717, 1.165) is 13.2 Å². The molecular weight excluding hydrogens is 286 g/mol. The summed E-state index contributed by atoms with van der Waals surface area (Å²) in [5.74, 6) is -0.404. The Kier molecular flexibility index (Phi) is 3.97. The number of hydrogen-bond acceptors (Lipinski definition) is 6. The van der Waals surface area contributed by atoms with Crippen LogP contribution in [-0.2, 0) is 9.47 Å². The van der Waals surface area contributed by atoms with E-state index in [1.54, 1.807) is 26.0 Å². The summed E-state index contributed by atoms with van der Waals surface area (Å²) in [6.07, 6.45) is 0. The third-order valence-corrected chi connectivity index (χ3v) is 3.84. The molecular formula is C16H21NO5. The second-order valence-electron chi connectivity index (χ2n) is 6.04. The Bertz CT molecular complexity index is 572. The predicted octanol–water partition coefficient (Wildman–Crippen LogP) is 1.68. The molecule has 0 N–H and O–H groups in total. The average Bonchev–Trinajstić information content (AvgIpc) is 2.44. The molecule has 0 aliphatic carbocycles. The molecule has 2 aliphatic heterocycles. The highest BCUT2D eigenvalue weighted by Crippen LogP contribution is 2.36. The van der Waals surface area contributed by atoms with Crippen LogP contribution < -0.4 is 9.47 Å². The highest BCUT2D eigenvalue weighted by atomic mass is 16.7. The lowest BCUT2D eigenvalue weighted by Crippen LogP contribution is -2.46. The summed E-state index contributed by atoms with van der Waals surface area (Å²) in [6.45, 7) is 6.10. The lowest BCUT2D eigenvalue weighted by molar-refractivity contribution is -0.127. The number of hydrogen-bond donors (Lipinski definition) is 0. The molecule has 0 aromatic heterocycles. The first-order valence-electron chi connectivity index (χ1n) is 7.42. The highest BCUT2D eigenvalue weighted by Gasteiger charge is 2.36. The minimum absolute atomic E-state index is 0.168. The second kappa shape index (κ2) is 5.78. The fourth-order valence-electron chi connectivity index (χ4n) is 2.58. The molecule has 6 nitrogen and oxygen atoms in total. The van der Waals surface area contributed by atoms with Gasteiger partial charge < -0.3 is 18.9 Å². The Morgan fingerprint density at radius 1 is 1.36 bits per heavy atom. The van der Waals surface area contributed by atoms with Gasteiger partial charge in [0.1, 0.15) is 23.7 Å². The van der Waals surface area contributed by atoms with Gasteiger partial charge in [0.05, 0.1) is 19.3 Å². The van der Waals surface area contributed by atoms with Crippen molar-refractivity contribution in [2.45, 2.75) is 25.7 Å². The number of esters is 1.